The minimum atomic E-state index is -4.81. The third-order valence-electron chi connectivity index (χ3n) is 6.37. The molecule has 0 spiro atoms. The van der Waals surface area contributed by atoms with Crippen LogP contribution in [0.5, 0.6) is 0 Å². The van der Waals surface area contributed by atoms with Crippen LogP contribution < -0.4 is 11.2 Å². The number of nitriles is 1. The van der Waals surface area contributed by atoms with Crippen molar-refractivity contribution in [2.45, 2.75) is 38.5 Å². The van der Waals surface area contributed by atoms with E-state index >= 15 is 0 Å². The second-order valence-corrected chi connectivity index (χ2v) is 9.90. The molecule has 0 fully saturated rings. The van der Waals surface area contributed by atoms with Gasteiger partial charge < -0.3 is 9.72 Å². The molecule has 3 heterocycles. The first-order valence-corrected chi connectivity index (χ1v) is 11.5. The van der Waals surface area contributed by atoms with Gasteiger partial charge in [-0.25, -0.2) is 4.79 Å². The minimum absolute atomic E-state index is 0.127. The maximum absolute atomic E-state index is 14.2. The predicted molar refractivity (Wildman–Crippen MR) is 129 cm³/mol. The summed E-state index contributed by atoms with van der Waals surface area (Å²) >= 11 is 6.35. The SMILES string of the molecule is CC1(C)COCc2[nH]c3ccc(Cc4c(Cl)cc(-n5nc(C#N)c(=O)[nH]c5=O)cc4C(F)(F)F)cc3c21. The lowest BCUT2D eigenvalue weighted by atomic mass is 9.82. The van der Waals surface area contributed by atoms with Gasteiger partial charge in [0.25, 0.3) is 5.56 Å². The zero-order valence-corrected chi connectivity index (χ0v) is 20.3. The highest BCUT2D eigenvalue weighted by Gasteiger charge is 2.36. The number of alkyl halides is 3. The van der Waals surface area contributed by atoms with Crippen LogP contribution in [0.25, 0.3) is 16.6 Å². The summed E-state index contributed by atoms with van der Waals surface area (Å²) in [6.45, 7) is 5.05. The number of benzene rings is 2. The van der Waals surface area contributed by atoms with Crippen LogP contribution in [-0.2, 0) is 29.4 Å². The van der Waals surface area contributed by atoms with Crippen molar-refractivity contribution >= 4 is 22.5 Å². The summed E-state index contributed by atoms with van der Waals surface area (Å²) in [7, 11) is 0. The molecule has 2 aromatic carbocycles. The van der Waals surface area contributed by atoms with Crippen molar-refractivity contribution in [1.29, 1.82) is 5.26 Å². The van der Waals surface area contributed by atoms with E-state index in [0.717, 1.165) is 34.3 Å². The highest BCUT2D eigenvalue weighted by atomic mass is 35.5. The summed E-state index contributed by atoms with van der Waals surface area (Å²) in [5, 5.41) is 13.3. The van der Waals surface area contributed by atoms with Crippen LogP contribution in [0.15, 0.2) is 39.9 Å². The highest BCUT2D eigenvalue weighted by molar-refractivity contribution is 6.31. The zero-order chi connectivity index (χ0) is 26.7. The van der Waals surface area contributed by atoms with E-state index in [9.17, 15) is 22.8 Å². The molecule has 37 heavy (non-hydrogen) atoms. The molecule has 0 atom stereocenters. The van der Waals surface area contributed by atoms with E-state index in [4.69, 9.17) is 21.6 Å². The van der Waals surface area contributed by atoms with Crippen molar-refractivity contribution in [3.05, 3.63) is 89.8 Å². The molecule has 2 N–H and O–H groups in total. The highest BCUT2D eigenvalue weighted by Crippen LogP contribution is 2.40. The summed E-state index contributed by atoms with van der Waals surface area (Å²) in [5.41, 5.74) is -1.18. The Bertz CT molecular complexity index is 1730. The monoisotopic (exact) mass is 529 g/mol. The number of ether oxygens (including phenoxy) is 1. The summed E-state index contributed by atoms with van der Waals surface area (Å²) in [5.74, 6) is 0. The van der Waals surface area contributed by atoms with Gasteiger partial charge in [0, 0.05) is 27.0 Å². The van der Waals surface area contributed by atoms with Gasteiger partial charge in [-0.15, -0.1) is 5.10 Å². The number of nitrogens with zero attached hydrogens (tertiary/aromatic N) is 3. The van der Waals surface area contributed by atoms with Crippen molar-refractivity contribution in [3.8, 4) is 11.8 Å². The standard InChI is InChI=1S/C25H19ClF3N5O3/c1-24(2)11-37-10-20-21(24)15-6-12(3-4-18(15)31-20)5-14-16(25(27,28)29)7-13(8-17(14)26)34-23(36)32-22(35)19(9-30)33-34/h3-4,6-8,31H,5,10-11H2,1-2H3,(H,32,35,36). The van der Waals surface area contributed by atoms with E-state index < -0.39 is 28.7 Å². The molecule has 0 bridgehead atoms. The van der Waals surface area contributed by atoms with E-state index in [1.807, 2.05) is 31.0 Å². The third kappa shape index (κ3) is 4.32. The number of fused-ring (bicyclic) bond motifs is 3. The van der Waals surface area contributed by atoms with Crippen LogP contribution >= 0.6 is 11.6 Å². The van der Waals surface area contributed by atoms with E-state index in [1.165, 1.54) is 6.07 Å². The van der Waals surface area contributed by atoms with Gasteiger partial charge in [-0.3, -0.25) is 9.78 Å². The Morgan fingerprint density at radius 1 is 1.22 bits per heavy atom. The van der Waals surface area contributed by atoms with Gasteiger partial charge in [0.15, 0.2) is 0 Å². The average molecular weight is 530 g/mol. The van der Waals surface area contributed by atoms with Gasteiger partial charge in [-0.1, -0.05) is 31.5 Å². The summed E-state index contributed by atoms with van der Waals surface area (Å²) in [6.07, 6.45) is -4.94. The number of nitrogens with one attached hydrogen (secondary N) is 2. The summed E-state index contributed by atoms with van der Waals surface area (Å²) in [4.78, 5) is 29.1. The molecule has 0 amide bonds. The van der Waals surface area contributed by atoms with Crippen LogP contribution in [0.3, 0.4) is 0 Å². The Hall–Kier alpha value is -3.88. The quantitative estimate of drug-likeness (QED) is 0.409. The van der Waals surface area contributed by atoms with Gasteiger partial charge in [0.05, 0.1) is 24.5 Å². The Morgan fingerprint density at radius 3 is 2.68 bits per heavy atom. The first-order chi connectivity index (χ1) is 17.4. The van der Waals surface area contributed by atoms with Gasteiger partial charge in [-0.05, 0) is 47.4 Å². The Labute approximate surface area is 212 Å². The van der Waals surface area contributed by atoms with Crippen molar-refractivity contribution in [2.75, 3.05) is 6.61 Å². The number of H-pyrrole nitrogens is 2. The lowest BCUT2D eigenvalue weighted by molar-refractivity contribution is -0.138. The van der Waals surface area contributed by atoms with Crippen molar-refractivity contribution < 1.29 is 17.9 Å². The molecule has 12 heteroatoms. The van der Waals surface area contributed by atoms with E-state index in [1.54, 1.807) is 6.07 Å². The number of hydrogen-bond donors (Lipinski definition) is 2. The van der Waals surface area contributed by atoms with Crippen LogP contribution in [0.2, 0.25) is 5.02 Å². The minimum Gasteiger partial charge on any atom is -0.374 e. The van der Waals surface area contributed by atoms with E-state index in [2.05, 4.69) is 10.1 Å². The first kappa shape index (κ1) is 24.8. The number of halogens is 4. The summed E-state index contributed by atoms with van der Waals surface area (Å²) in [6, 6.07) is 8.78. The molecule has 8 nitrogen and oxygen atoms in total. The normalized spacial score (nSPS) is 14.9. The largest absolute Gasteiger partial charge is 0.416 e. The van der Waals surface area contributed by atoms with E-state index in [-0.39, 0.29) is 28.1 Å². The molecule has 0 unspecified atom stereocenters. The molecule has 1 aliphatic heterocycles. The van der Waals surface area contributed by atoms with Gasteiger partial charge in [0.1, 0.15) is 6.07 Å². The molecule has 5 rings (SSSR count). The number of aromatic amines is 2. The van der Waals surface area contributed by atoms with Crippen molar-refractivity contribution in [3.63, 3.8) is 0 Å². The molecule has 1 aliphatic rings. The van der Waals surface area contributed by atoms with Gasteiger partial charge in [0.2, 0.25) is 5.69 Å². The molecular weight excluding hydrogens is 511 g/mol. The second kappa shape index (κ2) is 8.61. The number of aromatic nitrogens is 4. The Morgan fingerprint density at radius 2 is 1.97 bits per heavy atom. The Kier molecular flexibility index (Phi) is 5.77. The fraction of sp³-hybridized carbons (Fsp3) is 0.280. The molecule has 0 aliphatic carbocycles. The first-order valence-electron chi connectivity index (χ1n) is 11.1. The molecule has 2 aromatic heterocycles. The molecule has 4 aromatic rings. The smallest absolute Gasteiger partial charge is 0.374 e. The lowest BCUT2D eigenvalue weighted by Gasteiger charge is -2.30. The topological polar surface area (TPSA) is 117 Å². The maximum Gasteiger partial charge on any atom is 0.416 e. The fourth-order valence-corrected chi connectivity index (χ4v) is 5.08. The average Bonchev–Trinajstić information content (AvgIpc) is 3.19. The second-order valence-electron chi connectivity index (χ2n) is 9.49. The number of rotatable bonds is 3. The third-order valence-corrected chi connectivity index (χ3v) is 6.71. The van der Waals surface area contributed by atoms with Crippen LogP contribution in [0.1, 0.15) is 47.5 Å². The molecule has 0 saturated heterocycles. The van der Waals surface area contributed by atoms with Crippen LogP contribution in [-0.4, -0.2) is 26.4 Å². The number of hydrogen-bond acceptors (Lipinski definition) is 5. The predicted octanol–water partition coefficient (Wildman–Crippen LogP) is 4.34. The van der Waals surface area contributed by atoms with Crippen molar-refractivity contribution in [2.24, 2.45) is 0 Å². The van der Waals surface area contributed by atoms with Gasteiger partial charge in [-0.2, -0.15) is 23.1 Å². The molecule has 0 saturated carbocycles. The maximum atomic E-state index is 14.2. The lowest BCUT2D eigenvalue weighted by Crippen LogP contribution is -2.33. The molecule has 0 radical (unpaired) electrons. The summed E-state index contributed by atoms with van der Waals surface area (Å²) < 4.78 is 48.7. The van der Waals surface area contributed by atoms with Crippen LogP contribution in [0.4, 0.5) is 13.2 Å². The Balaban J connectivity index is 1.63. The van der Waals surface area contributed by atoms with Crippen molar-refractivity contribution in [1.82, 2.24) is 19.7 Å². The zero-order valence-electron chi connectivity index (χ0n) is 19.6. The molecule has 190 valence electrons. The van der Waals surface area contributed by atoms with E-state index in [0.29, 0.717) is 23.5 Å². The fourth-order valence-electron chi connectivity index (χ4n) is 4.80. The van der Waals surface area contributed by atoms with Crippen LogP contribution in [0, 0.1) is 11.3 Å². The van der Waals surface area contributed by atoms with Gasteiger partial charge >= 0.3 is 11.9 Å². The molecular formula is C25H19ClF3N5O3.